The summed E-state index contributed by atoms with van der Waals surface area (Å²) in [6, 6.07) is 2.36. The average molecular weight is 126 g/mol. The molecule has 2 heteroatoms. The molecule has 0 spiro atoms. The number of hydrogen-bond donors (Lipinski definition) is 1. The van der Waals surface area contributed by atoms with Crippen LogP contribution in [0.15, 0.2) is 0 Å². The minimum atomic E-state index is 0.157. The Balaban J connectivity index is 3.47. The van der Waals surface area contributed by atoms with Gasteiger partial charge in [-0.1, -0.05) is 6.92 Å². The van der Waals surface area contributed by atoms with E-state index in [2.05, 4.69) is 6.07 Å². The van der Waals surface area contributed by atoms with Crippen molar-refractivity contribution in [1.82, 2.24) is 0 Å². The second-order valence-corrected chi connectivity index (χ2v) is 2.45. The summed E-state index contributed by atoms with van der Waals surface area (Å²) in [4.78, 5) is 0. The van der Waals surface area contributed by atoms with Crippen molar-refractivity contribution in [2.45, 2.75) is 32.7 Å². The predicted molar refractivity (Wildman–Crippen MR) is 37.7 cm³/mol. The van der Waals surface area contributed by atoms with Crippen LogP contribution in [0.3, 0.4) is 0 Å². The van der Waals surface area contributed by atoms with Gasteiger partial charge < -0.3 is 5.73 Å². The average Bonchev–Trinajstić information content (AvgIpc) is 1.82. The van der Waals surface area contributed by atoms with Gasteiger partial charge in [0.25, 0.3) is 0 Å². The van der Waals surface area contributed by atoms with Gasteiger partial charge in [-0.2, -0.15) is 5.26 Å². The molecule has 0 aromatic heterocycles. The third kappa shape index (κ3) is 3.99. The second-order valence-electron chi connectivity index (χ2n) is 2.45. The maximum absolute atomic E-state index is 8.47. The number of rotatable bonds is 3. The Bertz CT molecular complexity index is 102. The van der Waals surface area contributed by atoms with Crippen molar-refractivity contribution in [3.05, 3.63) is 0 Å². The maximum Gasteiger partial charge on any atom is 0.0656 e. The Morgan fingerprint density at radius 3 is 2.33 bits per heavy atom. The Morgan fingerprint density at radius 1 is 1.67 bits per heavy atom. The molecule has 2 nitrogen and oxygen atoms in total. The minimum absolute atomic E-state index is 0.157. The van der Waals surface area contributed by atoms with Gasteiger partial charge in [0, 0.05) is 12.0 Å². The summed E-state index contributed by atoms with van der Waals surface area (Å²) in [6.45, 7) is 3.94. The lowest BCUT2D eigenvalue weighted by molar-refractivity contribution is 0.522. The number of nitrogens with zero attached hydrogens (tertiary/aromatic N) is 1. The van der Waals surface area contributed by atoms with Crippen molar-refractivity contribution >= 4 is 0 Å². The molecule has 2 atom stereocenters. The summed E-state index contributed by atoms with van der Waals surface area (Å²) in [7, 11) is 0. The highest BCUT2D eigenvalue weighted by molar-refractivity contribution is 4.83. The molecule has 52 valence electrons. The first-order valence-electron chi connectivity index (χ1n) is 3.35. The van der Waals surface area contributed by atoms with Gasteiger partial charge in [-0.25, -0.2) is 0 Å². The first kappa shape index (κ1) is 8.45. The van der Waals surface area contributed by atoms with E-state index in [9.17, 15) is 0 Å². The van der Waals surface area contributed by atoms with Crippen LogP contribution in [0.1, 0.15) is 26.7 Å². The van der Waals surface area contributed by atoms with E-state index >= 15 is 0 Å². The molecule has 2 unspecified atom stereocenters. The number of nitriles is 1. The first-order valence-corrected chi connectivity index (χ1v) is 3.35. The molecule has 9 heavy (non-hydrogen) atoms. The maximum atomic E-state index is 8.47. The van der Waals surface area contributed by atoms with E-state index in [0.29, 0.717) is 0 Å². The Morgan fingerprint density at radius 2 is 2.22 bits per heavy atom. The number of hydrogen-bond acceptors (Lipinski definition) is 2. The standard InChI is InChI=1S/C7H14N2/c1-3-7(5-8)4-6(2)9/h6-7H,3-4,9H2,1-2H3. The zero-order chi connectivity index (χ0) is 7.28. The molecule has 0 aliphatic heterocycles. The fraction of sp³-hybridized carbons (Fsp3) is 0.857. The molecule has 0 aromatic carbocycles. The Hall–Kier alpha value is -0.550. The zero-order valence-electron chi connectivity index (χ0n) is 6.09. The SMILES string of the molecule is CCC(C#N)CC(C)N. The van der Waals surface area contributed by atoms with Crippen molar-refractivity contribution in [3.63, 3.8) is 0 Å². The van der Waals surface area contributed by atoms with Crippen molar-refractivity contribution in [2.75, 3.05) is 0 Å². The highest BCUT2D eigenvalue weighted by Crippen LogP contribution is 2.07. The van der Waals surface area contributed by atoms with Crippen molar-refractivity contribution < 1.29 is 0 Å². The molecule has 0 saturated carbocycles. The van der Waals surface area contributed by atoms with Crippen LogP contribution in [0.4, 0.5) is 0 Å². The van der Waals surface area contributed by atoms with Crippen LogP contribution in [-0.2, 0) is 0 Å². The molecule has 0 bridgehead atoms. The molecule has 0 aromatic rings. The van der Waals surface area contributed by atoms with E-state index in [-0.39, 0.29) is 12.0 Å². The van der Waals surface area contributed by atoms with Crippen molar-refractivity contribution in [3.8, 4) is 6.07 Å². The van der Waals surface area contributed by atoms with Crippen LogP contribution < -0.4 is 5.73 Å². The molecule has 0 heterocycles. The largest absolute Gasteiger partial charge is 0.328 e. The van der Waals surface area contributed by atoms with Crippen LogP contribution in [0, 0.1) is 17.2 Å². The lowest BCUT2D eigenvalue weighted by atomic mass is 10.0. The lowest BCUT2D eigenvalue weighted by Crippen LogP contribution is -2.18. The van der Waals surface area contributed by atoms with Crippen LogP contribution >= 0.6 is 0 Å². The topological polar surface area (TPSA) is 49.8 Å². The van der Waals surface area contributed by atoms with Gasteiger partial charge >= 0.3 is 0 Å². The molecule has 0 aliphatic carbocycles. The summed E-state index contributed by atoms with van der Waals surface area (Å²) in [5, 5.41) is 8.47. The molecule has 0 radical (unpaired) electrons. The zero-order valence-corrected chi connectivity index (χ0v) is 6.09. The fourth-order valence-electron chi connectivity index (χ4n) is 0.759. The van der Waals surface area contributed by atoms with E-state index in [4.69, 9.17) is 11.0 Å². The van der Waals surface area contributed by atoms with Gasteiger partial charge in [0.05, 0.1) is 6.07 Å². The van der Waals surface area contributed by atoms with Gasteiger partial charge in [0.2, 0.25) is 0 Å². The first-order chi connectivity index (χ1) is 4.20. The second kappa shape index (κ2) is 4.34. The quantitative estimate of drug-likeness (QED) is 0.619. The third-order valence-corrected chi connectivity index (χ3v) is 1.33. The molecular weight excluding hydrogens is 112 g/mol. The molecule has 0 aliphatic rings. The lowest BCUT2D eigenvalue weighted by Gasteiger charge is -2.07. The van der Waals surface area contributed by atoms with E-state index < -0.39 is 0 Å². The summed E-state index contributed by atoms with van der Waals surface area (Å²) in [6.07, 6.45) is 1.74. The van der Waals surface area contributed by atoms with Crippen LogP contribution in [0.5, 0.6) is 0 Å². The van der Waals surface area contributed by atoms with Crippen LogP contribution in [0.25, 0.3) is 0 Å². The van der Waals surface area contributed by atoms with E-state index in [0.717, 1.165) is 12.8 Å². The van der Waals surface area contributed by atoms with E-state index in [1.54, 1.807) is 0 Å². The molecule has 2 N–H and O–H groups in total. The summed E-state index contributed by atoms with van der Waals surface area (Å²) < 4.78 is 0. The monoisotopic (exact) mass is 126 g/mol. The molecule has 0 fully saturated rings. The van der Waals surface area contributed by atoms with Gasteiger partial charge in [-0.3, -0.25) is 0 Å². The van der Waals surface area contributed by atoms with Gasteiger partial charge in [-0.05, 0) is 19.8 Å². The minimum Gasteiger partial charge on any atom is -0.328 e. The smallest absolute Gasteiger partial charge is 0.0656 e. The Kier molecular flexibility index (Phi) is 4.08. The van der Waals surface area contributed by atoms with Crippen LogP contribution in [0.2, 0.25) is 0 Å². The molecular formula is C7H14N2. The molecule has 0 saturated heterocycles. The van der Waals surface area contributed by atoms with Crippen molar-refractivity contribution in [2.24, 2.45) is 11.7 Å². The summed E-state index contributed by atoms with van der Waals surface area (Å²) in [5.74, 6) is 0.157. The molecule has 0 rings (SSSR count). The number of nitrogens with two attached hydrogens (primary N) is 1. The highest BCUT2D eigenvalue weighted by Gasteiger charge is 2.05. The predicted octanol–water partition coefficient (Wildman–Crippen LogP) is 1.27. The normalized spacial score (nSPS) is 16.2. The third-order valence-electron chi connectivity index (χ3n) is 1.33. The van der Waals surface area contributed by atoms with Crippen LogP contribution in [-0.4, -0.2) is 6.04 Å². The van der Waals surface area contributed by atoms with E-state index in [1.807, 2.05) is 13.8 Å². The van der Waals surface area contributed by atoms with Gasteiger partial charge in [0.15, 0.2) is 0 Å². The van der Waals surface area contributed by atoms with Gasteiger partial charge in [0.1, 0.15) is 0 Å². The summed E-state index contributed by atoms with van der Waals surface area (Å²) >= 11 is 0. The highest BCUT2D eigenvalue weighted by atomic mass is 14.6. The van der Waals surface area contributed by atoms with Gasteiger partial charge in [-0.15, -0.1) is 0 Å². The summed E-state index contributed by atoms with van der Waals surface area (Å²) in [5.41, 5.74) is 5.49. The molecule has 0 amide bonds. The Labute approximate surface area is 56.7 Å². The fourth-order valence-corrected chi connectivity index (χ4v) is 0.759. The van der Waals surface area contributed by atoms with E-state index in [1.165, 1.54) is 0 Å². The van der Waals surface area contributed by atoms with Crippen molar-refractivity contribution in [1.29, 1.82) is 5.26 Å².